The quantitative estimate of drug-likeness (QED) is 0.425. The summed E-state index contributed by atoms with van der Waals surface area (Å²) < 4.78 is 22.7. The second-order valence-electron chi connectivity index (χ2n) is 9.43. The van der Waals surface area contributed by atoms with Gasteiger partial charge in [-0.15, -0.1) is 0 Å². The molecule has 2 aliphatic rings. The van der Waals surface area contributed by atoms with Crippen molar-refractivity contribution in [2.75, 3.05) is 88.4 Å². The lowest BCUT2D eigenvalue weighted by Crippen LogP contribution is -2.38. The lowest BCUT2D eigenvalue weighted by molar-refractivity contribution is 0.0321. The van der Waals surface area contributed by atoms with Crippen LogP contribution in [-0.4, -0.2) is 93.8 Å². The van der Waals surface area contributed by atoms with Crippen molar-refractivity contribution in [1.29, 1.82) is 0 Å². The fraction of sp³-hybridized carbons (Fsp3) is 0.464. The van der Waals surface area contributed by atoms with Gasteiger partial charge >= 0.3 is 6.03 Å². The van der Waals surface area contributed by atoms with E-state index >= 15 is 0 Å². The van der Waals surface area contributed by atoms with Gasteiger partial charge in [-0.1, -0.05) is 19.1 Å². The Hall–Kier alpha value is -3.67. The average Bonchev–Trinajstić information content (AvgIpc) is 2.98. The third-order valence-electron chi connectivity index (χ3n) is 6.86. The molecule has 0 unspecified atom stereocenters. The van der Waals surface area contributed by atoms with Crippen LogP contribution in [0.3, 0.4) is 0 Å². The number of aromatic nitrogens is 2. The Kier molecular flexibility index (Phi) is 8.92. The smallest absolute Gasteiger partial charge is 0.324 e. The van der Waals surface area contributed by atoms with Gasteiger partial charge in [0, 0.05) is 49.9 Å². The van der Waals surface area contributed by atoms with Crippen LogP contribution < -0.4 is 25.0 Å². The zero-order valence-corrected chi connectivity index (χ0v) is 22.6. The van der Waals surface area contributed by atoms with Crippen molar-refractivity contribution in [3.63, 3.8) is 0 Å². The van der Waals surface area contributed by atoms with E-state index in [4.69, 9.17) is 28.9 Å². The molecule has 2 aliphatic heterocycles. The minimum atomic E-state index is -0.387. The van der Waals surface area contributed by atoms with Gasteiger partial charge in [0.2, 0.25) is 5.95 Å². The van der Waals surface area contributed by atoms with Gasteiger partial charge in [0.05, 0.1) is 39.1 Å². The molecular formula is C28H36N6O5. The third-order valence-corrected chi connectivity index (χ3v) is 6.86. The van der Waals surface area contributed by atoms with Crippen molar-refractivity contribution >= 4 is 34.4 Å². The SMILES string of the molecule is CCc1cccc(NC(=O)Nc2nc(N3CCOCC3)nc3cc(OC)c(OCCN4CCOCC4)cc23)c1. The predicted octanol–water partition coefficient (Wildman–Crippen LogP) is 3.39. The van der Waals surface area contributed by atoms with E-state index in [-0.39, 0.29) is 6.03 Å². The highest BCUT2D eigenvalue weighted by Crippen LogP contribution is 2.35. The lowest BCUT2D eigenvalue weighted by atomic mass is 10.1. The highest BCUT2D eigenvalue weighted by atomic mass is 16.5. The second kappa shape index (κ2) is 12.9. The van der Waals surface area contributed by atoms with Crippen molar-refractivity contribution in [3.05, 3.63) is 42.0 Å². The van der Waals surface area contributed by atoms with Crippen LogP contribution in [0.25, 0.3) is 10.9 Å². The molecule has 0 aliphatic carbocycles. The molecule has 0 radical (unpaired) electrons. The summed E-state index contributed by atoms with van der Waals surface area (Å²) >= 11 is 0. The number of rotatable bonds is 9. The van der Waals surface area contributed by atoms with Gasteiger partial charge in [-0.3, -0.25) is 10.2 Å². The first kappa shape index (κ1) is 26.9. The van der Waals surface area contributed by atoms with Crippen molar-refractivity contribution in [3.8, 4) is 11.5 Å². The van der Waals surface area contributed by atoms with Gasteiger partial charge in [0.15, 0.2) is 11.5 Å². The van der Waals surface area contributed by atoms with Crippen LogP contribution in [0.5, 0.6) is 11.5 Å². The van der Waals surface area contributed by atoms with E-state index in [9.17, 15) is 4.79 Å². The van der Waals surface area contributed by atoms with Crippen LogP contribution in [-0.2, 0) is 15.9 Å². The summed E-state index contributed by atoms with van der Waals surface area (Å²) in [5.41, 5.74) is 2.50. The number of methoxy groups -OCH3 is 1. The Balaban J connectivity index is 1.42. The van der Waals surface area contributed by atoms with E-state index in [1.165, 1.54) is 0 Å². The van der Waals surface area contributed by atoms with Gasteiger partial charge in [0.1, 0.15) is 12.4 Å². The maximum atomic E-state index is 13.1. The minimum Gasteiger partial charge on any atom is -0.493 e. The summed E-state index contributed by atoms with van der Waals surface area (Å²) in [6.07, 6.45) is 0.882. The van der Waals surface area contributed by atoms with Crippen molar-refractivity contribution < 1.29 is 23.7 Å². The Bertz CT molecular complexity index is 1280. The molecule has 3 heterocycles. The van der Waals surface area contributed by atoms with Gasteiger partial charge < -0.3 is 29.2 Å². The van der Waals surface area contributed by atoms with Crippen LogP contribution >= 0.6 is 0 Å². The van der Waals surface area contributed by atoms with Crippen molar-refractivity contribution in [2.45, 2.75) is 13.3 Å². The Morgan fingerprint density at radius 2 is 1.74 bits per heavy atom. The summed E-state index contributed by atoms with van der Waals surface area (Å²) in [6, 6.07) is 11.1. The summed E-state index contributed by atoms with van der Waals surface area (Å²) in [5.74, 6) is 2.06. The molecule has 1 aromatic heterocycles. The number of nitrogens with one attached hydrogen (secondary N) is 2. The van der Waals surface area contributed by atoms with Gasteiger partial charge in [0.25, 0.3) is 0 Å². The normalized spacial score (nSPS) is 16.2. The summed E-state index contributed by atoms with van der Waals surface area (Å²) in [5, 5.41) is 6.53. The highest BCUT2D eigenvalue weighted by molar-refractivity contribution is 6.05. The largest absolute Gasteiger partial charge is 0.493 e. The number of urea groups is 1. The molecule has 2 N–H and O–H groups in total. The first-order chi connectivity index (χ1) is 19.1. The first-order valence-corrected chi connectivity index (χ1v) is 13.4. The predicted molar refractivity (Wildman–Crippen MR) is 150 cm³/mol. The molecular weight excluding hydrogens is 500 g/mol. The number of anilines is 3. The van der Waals surface area contributed by atoms with E-state index in [2.05, 4.69) is 27.4 Å². The number of benzene rings is 2. The zero-order valence-electron chi connectivity index (χ0n) is 22.6. The van der Waals surface area contributed by atoms with Crippen molar-refractivity contribution in [2.24, 2.45) is 0 Å². The van der Waals surface area contributed by atoms with Gasteiger partial charge in [-0.05, 0) is 30.2 Å². The molecule has 2 amide bonds. The summed E-state index contributed by atoms with van der Waals surface area (Å²) in [7, 11) is 1.61. The molecule has 11 nitrogen and oxygen atoms in total. The number of morpholine rings is 2. The number of nitrogens with zero attached hydrogens (tertiary/aromatic N) is 4. The lowest BCUT2D eigenvalue weighted by Gasteiger charge is -2.27. The van der Waals surface area contributed by atoms with Gasteiger partial charge in [-0.25, -0.2) is 9.78 Å². The highest BCUT2D eigenvalue weighted by Gasteiger charge is 2.20. The number of hydrogen-bond donors (Lipinski definition) is 2. The third kappa shape index (κ3) is 6.86. The molecule has 0 bridgehead atoms. The maximum Gasteiger partial charge on any atom is 0.324 e. The number of fused-ring (bicyclic) bond motifs is 1. The Morgan fingerprint density at radius 3 is 2.49 bits per heavy atom. The van der Waals surface area contributed by atoms with Crippen LogP contribution in [0.1, 0.15) is 12.5 Å². The number of carbonyl (C=O) groups is 1. The molecule has 0 atom stereocenters. The van der Waals surface area contributed by atoms with Crippen molar-refractivity contribution in [1.82, 2.24) is 14.9 Å². The molecule has 39 heavy (non-hydrogen) atoms. The van der Waals surface area contributed by atoms with Crippen LogP contribution in [0.15, 0.2) is 36.4 Å². The van der Waals surface area contributed by atoms with E-state index in [0.717, 1.165) is 44.8 Å². The summed E-state index contributed by atoms with van der Waals surface area (Å²) in [6.45, 7) is 9.13. The van der Waals surface area contributed by atoms with E-state index in [1.807, 2.05) is 36.4 Å². The van der Waals surface area contributed by atoms with Crippen LogP contribution in [0.4, 0.5) is 22.2 Å². The monoisotopic (exact) mass is 536 g/mol. The Labute approximate surface area is 228 Å². The first-order valence-electron chi connectivity index (χ1n) is 13.4. The topological polar surface area (TPSA) is 110 Å². The molecule has 0 saturated carbocycles. The standard InChI is InChI=1S/C28H36N6O5/c1-3-20-5-4-6-21(17-20)29-28(35)32-26-22-18-25(39-16-9-33-7-12-37-13-8-33)24(36-2)19-23(22)30-27(31-26)34-10-14-38-15-11-34/h4-6,17-19H,3,7-16H2,1-2H3,(H2,29,30,31,32,35). The number of ether oxygens (including phenoxy) is 4. The van der Waals surface area contributed by atoms with Gasteiger partial charge in [-0.2, -0.15) is 4.98 Å². The molecule has 11 heteroatoms. The fourth-order valence-corrected chi connectivity index (χ4v) is 4.65. The minimum absolute atomic E-state index is 0.387. The number of hydrogen-bond acceptors (Lipinski definition) is 9. The molecule has 5 rings (SSSR count). The molecule has 0 spiro atoms. The molecule has 2 saturated heterocycles. The molecule has 2 fully saturated rings. The molecule has 208 valence electrons. The number of aryl methyl sites for hydroxylation is 1. The fourth-order valence-electron chi connectivity index (χ4n) is 4.65. The zero-order chi connectivity index (χ0) is 27.0. The second-order valence-corrected chi connectivity index (χ2v) is 9.43. The van der Waals surface area contributed by atoms with Crippen LogP contribution in [0.2, 0.25) is 0 Å². The maximum absolute atomic E-state index is 13.1. The molecule has 2 aromatic carbocycles. The number of carbonyl (C=O) groups excluding carboxylic acids is 1. The number of amides is 2. The van der Waals surface area contributed by atoms with E-state index in [0.29, 0.717) is 72.8 Å². The average molecular weight is 537 g/mol. The Morgan fingerprint density at radius 1 is 0.974 bits per heavy atom. The van der Waals surface area contributed by atoms with E-state index in [1.54, 1.807) is 7.11 Å². The van der Waals surface area contributed by atoms with Crippen LogP contribution in [0, 0.1) is 0 Å². The summed E-state index contributed by atoms with van der Waals surface area (Å²) in [4.78, 5) is 27.0. The van der Waals surface area contributed by atoms with E-state index < -0.39 is 0 Å². The molecule has 3 aromatic rings.